The van der Waals surface area contributed by atoms with E-state index in [1.807, 2.05) is 0 Å². The monoisotopic (exact) mass is 313 g/mol. The van der Waals surface area contributed by atoms with Gasteiger partial charge in [-0.3, -0.25) is 0 Å². The van der Waals surface area contributed by atoms with Gasteiger partial charge >= 0.3 is 18.0 Å². The van der Waals surface area contributed by atoms with Crippen molar-refractivity contribution in [1.29, 1.82) is 0 Å². The number of carbonyl (C=O) groups is 3. The number of esters is 2. The number of hydrogen-bond acceptors (Lipinski definition) is 6. The lowest BCUT2D eigenvalue weighted by Gasteiger charge is -2.21. The van der Waals surface area contributed by atoms with Crippen molar-refractivity contribution in [3.05, 3.63) is 12.2 Å². The van der Waals surface area contributed by atoms with E-state index in [0.717, 1.165) is 37.8 Å². The third-order valence-electron chi connectivity index (χ3n) is 3.08. The van der Waals surface area contributed by atoms with Crippen LogP contribution >= 0.6 is 0 Å². The quantitative estimate of drug-likeness (QED) is 0.333. The summed E-state index contributed by atoms with van der Waals surface area (Å²) in [5.74, 6) is -1.27. The predicted octanol–water partition coefficient (Wildman–Crippen LogP) is 1.71. The second-order valence-corrected chi connectivity index (χ2v) is 4.84. The van der Waals surface area contributed by atoms with Crippen molar-refractivity contribution in [3.63, 3.8) is 0 Å². The van der Waals surface area contributed by atoms with E-state index in [2.05, 4.69) is 10.1 Å². The van der Waals surface area contributed by atoms with Crippen molar-refractivity contribution < 1.29 is 28.6 Å². The number of carbonyl (C=O) groups excluding carboxylic acids is 3. The normalized spacial score (nSPS) is 15.3. The molecule has 124 valence electrons. The second-order valence-electron chi connectivity index (χ2n) is 4.84. The van der Waals surface area contributed by atoms with Crippen LogP contribution in [0.25, 0.3) is 0 Å². The molecule has 1 amide bonds. The fourth-order valence-corrected chi connectivity index (χ4v) is 2.06. The fraction of sp³-hybridized carbons (Fsp3) is 0.667. The molecule has 0 unspecified atom stereocenters. The number of alkyl carbamates (subject to hydrolysis) is 1. The molecule has 0 spiro atoms. The highest BCUT2D eigenvalue weighted by Gasteiger charge is 2.17. The first kappa shape index (κ1) is 18.0. The average molecular weight is 313 g/mol. The van der Waals surface area contributed by atoms with Gasteiger partial charge in [0.1, 0.15) is 12.7 Å². The fourth-order valence-electron chi connectivity index (χ4n) is 2.06. The minimum atomic E-state index is -0.671. The molecule has 0 saturated heterocycles. The van der Waals surface area contributed by atoms with Gasteiger partial charge in [-0.1, -0.05) is 6.42 Å². The summed E-state index contributed by atoms with van der Waals surface area (Å²) in [6.07, 6.45) is 6.65. The molecular formula is C15H23NO6. The molecule has 7 heteroatoms. The summed E-state index contributed by atoms with van der Waals surface area (Å²) in [7, 11) is 0. The molecule has 1 saturated carbocycles. The van der Waals surface area contributed by atoms with Crippen LogP contribution in [-0.2, 0) is 23.8 Å². The highest BCUT2D eigenvalue weighted by atomic mass is 16.6. The van der Waals surface area contributed by atoms with Crippen molar-refractivity contribution in [1.82, 2.24) is 5.32 Å². The van der Waals surface area contributed by atoms with E-state index in [1.54, 1.807) is 6.92 Å². The topological polar surface area (TPSA) is 90.9 Å². The summed E-state index contributed by atoms with van der Waals surface area (Å²) in [5.41, 5.74) is 0. The molecule has 1 rings (SSSR count). The van der Waals surface area contributed by atoms with E-state index >= 15 is 0 Å². The Bertz CT molecular complexity index is 401. The van der Waals surface area contributed by atoms with Gasteiger partial charge in [-0.2, -0.15) is 0 Å². The van der Waals surface area contributed by atoms with Gasteiger partial charge in [0.2, 0.25) is 0 Å². The van der Waals surface area contributed by atoms with Crippen molar-refractivity contribution in [2.24, 2.45) is 0 Å². The Morgan fingerprint density at radius 1 is 1.05 bits per heavy atom. The Morgan fingerprint density at radius 2 is 1.68 bits per heavy atom. The van der Waals surface area contributed by atoms with Crippen LogP contribution in [0.5, 0.6) is 0 Å². The molecule has 1 N–H and O–H groups in total. The molecule has 0 aromatic heterocycles. The third kappa shape index (κ3) is 8.28. The molecule has 1 fully saturated rings. The molecule has 0 aromatic carbocycles. The maximum absolute atomic E-state index is 11.5. The molecule has 0 aliphatic heterocycles. The van der Waals surface area contributed by atoms with Gasteiger partial charge in [-0.15, -0.1) is 0 Å². The van der Waals surface area contributed by atoms with Crippen LogP contribution in [0.15, 0.2) is 12.2 Å². The summed E-state index contributed by atoms with van der Waals surface area (Å²) in [6, 6.07) is 0. The zero-order chi connectivity index (χ0) is 16.2. The maximum Gasteiger partial charge on any atom is 0.407 e. The maximum atomic E-state index is 11.5. The Labute approximate surface area is 130 Å². The molecule has 1 aliphatic carbocycles. The second kappa shape index (κ2) is 10.6. The van der Waals surface area contributed by atoms with Crippen LogP contribution in [-0.4, -0.2) is 43.9 Å². The summed E-state index contributed by atoms with van der Waals surface area (Å²) in [6.45, 7) is 2.07. The number of rotatable bonds is 7. The van der Waals surface area contributed by atoms with Gasteiger partial charge in [0.05, 0.1) is 13.2 Å². The van der Waals surface area contributed by atoms with Crippen LogP contribution in [0.2, 0.25) is 0 Å². The summed E-state index contributed by atoms with van der Waals surface area (Å²) in [4.78, 5) is 33.7. The molecule has 0 radical (unpaired) electrons. The Hall–Kier alpha value is -2.05. The minimum absolute atomic E-state index is 0.00572. The van der Waals surface area contributed by atoms with Crippen molar-refractivity contribution in [2.75, 3.05) is 19.8 Å². The summed E-state index contributed by atoms with van der Waals surface area (Å²) in [5, 5.41) is 2.52. The van der Waals surface area contributed by atoms with Crippen LogP contribution in [0.3, 0.4) is 0 Å². The smallest absolute Gasteiger partial charge is 0.407 e. The van der Waals surface area contributed by atoms with Gasteiger partial charge < -0.3 is 19.5 Å². The summed E-state index contributed by atoms with van der Waals surface area (Å²) >= 11 is 0. The lowest BCUT2D eigenvalue weighted by Crippen LogP contribution is -2.32. The summed E-state index contributed by atoms with van der Waals surface area (Å²) < 4.78 is 14.7. The zero-order valence-corrected chi connectivity index (χ0v) is 12.8. The lowest BCUT2D eigenvalue weighted by atomic mass is 9.98. The molecule has 0 aromatic rings. The van der Waals surface area contributed by atoms with E-state index < -0.39 is 18.0 Å². The number of nitrogens with one attached hydrogen (secondary N) is 1. The first-order chi connectivity index (χ1) is 10.6. The van der Waals surface area contributed by atoms with E-state index in [1.165, 1.54) is 6.42 Å². The van der Waals surface area contributed by atoms with Gasteiger partial charge in [0, 0.05) is 12.2 Å². The first-order valence-corrected chi connectivity index (χ1v) is 7.58. The van der Waals surface area contributed by atoms with Crippen LogP contribution in [0, 0.1) is 0 Å². The molecule has 22 heavy (non-hydrogen) atoms. The standard InChI is InChI=1S/C15H23NO6/c1-2-20-13(17)8-9-14(18)21-11-10-16-15(19)22-12-6-4-3-5-7-12/h8-9,12H,2-7,10-11H2,1H3,(H,16,19)/b9-8+. The highest BCUT2D eigenvalue weighted by Crippen LogP contribution is 2.20. The molecule has 0 atom stereocenters. The Kier molecular flexibility index (Phi) is 8.71. The van der Waals surface area contributed by atoms with Crippen molar-refractivity contribution in [3.8, 4) is 0 Å². The first-order valence-electron chi connectivity index (χ1n) is 7.58. The molecule has 0 bridgehead atoms. The van der Waals surface area contributed by atoms with E-state index in [0.29, 0.717) is 0 Å². The molecule has 1 aliphatic rings. The van der Waals surface area contributed by atoms with E-state index in [4.69, 9.17) is 9.47 Å². The SMILES string of the molecule is CCOC(=O)/C=C/C(=O)OCCNC(=O)OC1CCCCC1. The molecule has 0 heterocycles. The Balaban J connectivity index is 2.07. The van der Waals surface area contributed by atoms with Gasteiger partial charge in [-0.25, -0.2) is 14.4 Å². The van der Waals surface area contributed by atoms with Crippen molar-refractivity contribution in [2.45, 2.75) is 45.1 Å². The van der Waals surface area contributed by atoms with Gasteiger partial charge in [0.25, 0.3) is 0 Å². The third-order valence-corrected chi connectivity index (χ3v) is 3.08. The molecular weight excluding hydrogens is 290 g/mol. The largest absolute Gasteiger partial charge is 0.463 e. The van der Waals surface area contributed by atoms with Crippen LogP contribution in [0.1, 0.15) is 39.0 Å². The average Bonchev–Trinajstić information content (AvgIpc) is 2.51. The Morgan fingerprint density at radius 3 is 2.32 bits per heavy atom. The van der Waals surface area contributed by atoms with E-state index in [-0.39, 0.29) is 25.9 Å². The van der Waals surface area contributed by atoms with Gasteiger partial charge in [0.15, 0.2) is 0 Å². The van der Waals surface area contributed by atoms with Crippen LogP contribution < -0.4 is 5.32 Å². The van der Waals surface area contributed by atoms with Gasteiger partial charge in [-0.05, 0) is 32.6 Å². The van der Waals surface area contributed by atoms with Crippen LogP contribution in [0.4, 0.5) is 4.79 Å². The number of hydrogen-bond donors (Lipinski definition) is 1. The van der Waals surface area contributed by atoms with Crippen molar-refractivity contribution >= 4 is 18.0 Å². The molecule has 7 nitrogen and oxygen atoms in total. The zero-order valence-electron chi connectivity index (χ0n) is 12.8. The minimum Gasteiger partial charge on any atom is -0.463 e. The lowest BCUT2D eigenvalue weighted by molar-refractivity contribution is -0.140. The highest BCUT2D eigenvalue weighted by molar-refractivity contribution is 5.91. The predicted molar refractivity (Wildman–Crippen MR) is 78.1 cm³/mol. The van der Waals surface area contributed by atoms with E-state index in [9.17, 15) is 14.4 Å². The number of amides is 1. The number of ether oxygens (including phenoxy) is 3.